The predicted molar refractivity (Wildman–Crippen MR) is 102 cm³/mol. The summed E-state index contributed by atoms with van der Waals surface area (Å²) in [7, 11) is 0. The number of nitrogens with zero attached hydrogens (tertiary/aromatic N) is 4. The van der Waals surface area contributed by atoms with E-state index in [2.05, 4.69) is 24.8 Å². The Bertz CT molecular complexity index is 953. The lowest BCUT2D eigenvalue weighted by Gasteiger charge is -2.47. The maximum Gasteiger partial charge on any atom is 0.256 e. The predicted octanol–water partition coefficient (Wildman–Crippen LogP) is 3.54. The summed E-state index contributed by atoms with van der Waals surface area (Å²) in [6.07, 6.45) is 10.9. The number of nitrogens with one attached hydrogen (secondary N) is 1. The van der Waals surface area contributed by atoms with Crippen molar-refractivity contribution in [3.8, 4) is 0 Å². The number of carbonyl (C=O) groups excluding carboxylic acids is 1. The van der Waals surface area contributed by atoms with Gasteiger partial charge in [-0.05, 0) is 43.4 Å². The van der Waals surface area contributed by atoms with E-state index in [0.29, 0.717) is 17.4 Å². The lowest BCUT2D eigenvalue weighted by atomic mass is 9.71. The molecular weight excluding hydrogens is 338 g/mol. The van der Waals surface area contributed by atoms with Crippen LogP contribution in [0.5, 0.6) is 0 Å². The topological polar surface area (TPSA) is 74.8 Å². The number of likely N-dealkylation sites (tertiary alicyclic amines) is 1. The Morgan fingerprint density at radius 3 is 2.78 bits per heavy atom. The summed E-state index contributed by atoms with van der Waals surface area (Å²) in [5.74, 6) is 1.84. The van der Waals surface area contributed by atoms with E-state index >= 15 is 0 Å². The van der Waals surface area contributed by atoms with Gasteiger partial charge in [0, 0.05) is 30.9 Å². The van der Waals surface area contributed by atoms with Crippen LogP contribution >= 0.6 is 0 Å². The molecule has 27 heavy (non-hydrogen) atoms. The number of rotatable bonds is 2. The minimum atomic E-state index is 0.108. The third-order valence-electron chi connectivity index (χ3n) is 6.24. The second-order valence-electron chi connectivity index (χ2n) is 7.62. The molecule has 0 unspecified atom stereocenters. The summed E-state index contributed by atoms with van der Waals surface area (Å²) >= 11 is 0. The minimum Gasteiger partial charge on any atom is -0.345 e. The lowest BCUT2D eigenvalue weighted by Crippen LogP contribution is -2.52. The van der Waals surface area contributed by atoms with Gasteiger partial charge in [0.15, 0.2) is 0 Å². The first-order valence-corrected chi connectivity index (χ1v) is 9.83. The fraction of sp³-hybridized carbons (Fsp3) is 0.429. The van der Waals surface area contributed by atoms with Crippen molar-refractivity contribution in [2.24, 2.45) is 5.92 Å². The summed E-state index contributed by atoms with van der Waals surface area (Å²) in [6.45, 7) is 0.754. The van der Waals surface area contributed by atoms with Gasteiger partial charge in [-0.2, -0.15) is 0 Å². The van der Waals surface area contributed by atoms with Crippen molar-refractivity contribution in [1.29, 1.82) is 0 Å². The van der Waals surface area contributed by atoms with Gasteiger partial charge in [-0.3, -0.25) is 4.79 Å². The van der Waals surface area contributed by atoms with Gasteiger partial charge in [-0.15, -0.1) is 0 Å². The first-order valence-electron chi connectivity index (χ1n) is 9.83. The van der Waals surface area contributed by atoms with E-state index in [1.54, 1.807) is 6.33 Å². The average Bonchev–Trinajstić information content (AvgIpc) is 3.22. The van der Waals surface area contributed by atoms with E-state index in [0.717, 1.165) is 42.7 Å². The molecular formula is C21H23N5O. The molecule has 6 heteroatoms. The zero-order valence-corrected chi connectivity index (χ0v) is 15.2. The van der Waals surface area contributed by atoms with Crippen molar-refractivity contribution in [1.82, 2.24) is 24.8 Å². The number of piperidine rings is 1. The van der Waals surface area contributed by atoms with Gasteiger partial charge in [0.05, 0.1) is 17.4 Å². The molecule has 6 nitrogen and oxygen atoms in total. The summed E-state index contributed by atoms with van der Waals surface area (Å²) in [5, 5.41) is 0. The van der Waals surface area contributed by atoms with Crippen molar-refractivity contribution in [2.45, 2.75) is 44.1 Å². The molecule has 3 aromatic rings. The van der Waals surface area contributed by atoms with Gasteiger partial charge < -0.3 is 9.88 Å². The highest BCUT2D eigenvalue weighted by molar-refractivity contribution is 6.04. The van der Waals surface area contributed by atoms with Gasteiger partial charge in [-0.1, -0.05) is 18.9 Å². The van der Waals surface area contributed by atoms with Crippen molar-refractivity contribution in [3.63, 3.8) is 0 Å². The van der Waals surface area contributed by atoms with Crippen LogP contribution in [0, 0.1) is 5.92 Å². The first-order chi connectivity index (χ1) is 13.3. The Balaban J connectivity index is 1.47. The summed E-state index contributed by atoms with van der Waals surface area (Å²) < 4.78 is 0. The lowest BCUT2D eigenvalue weighted by molar-refractivity contribution is 0.0309. The Morgan fingerprint density at radius 1 is 1.04 bits per heavy atom. The monoisotopic (exact) mass is 361 g/mol. The van der Waals surface area contributed by atoms with E-state index in [-0.39, 0.29) is 11.9 Å². The zero-order chi connectivity index (χ0) is 18.2. The van der Waals surface area contributed by atoms with E-state index in [9.17, 15) is 4.79 Å². The first kappa shape index (κ1) is 16.4. The van der Waals surface area contributed by atoms with Crippen LogP contribution in [0.1, 0.15) is 54.2 Å². The summed E-state index contributed by atoms with van der Waals surface area (Å²) in [5.41, 5.74) is 2.38. The smallest absolute Gasteiger partial charge is 0.256 e. The van der Waals surface area contributed by atoms with Crippen molar-refractivity contribution >= 4 is 16.9 Å². The quantitative estimate of drug-likeness (QED) is 0.757. The Kier molecular flexibility index (Phi) is 4.11. The molecule has 1 aromatic carbocycles. The Hall–Kier alpha value is -2.76. The number of para-hydroxylation sites is 1. The van der Waals surface area contributed by atoms with Gasteiger partial charge in [-0.25, -0.2) is 15.0 Å². The van der Waals surface area contributed by atoms with Crippen molar-refractivity contribution in [2.75, 3.05) is 6.54 Å². The second kappa shape index (κ2) is 6.76. The van der Waals surface area contributed by atoms with Crippen molar-refractivity contribution in [3.05, 3.63) is 54.4 Å². The van der Waals surface area contributed by atoms with Crippen LogP contribution in [-0.4, -0.2) is 43.3 Å². The summed E-state index contributed by atoms with van der Waals surface area (Å²) in [4.78, 5) is 32.1. The number of fused-ring (bicyclic) bond motifs is 2. The molecule has 1 aliphatic carbocycles. The van der Waals surface area contributed by atoms with E-state index in [4.69, 9.17) is 0 Å². The highest BCUT2D eigenvalue weighted by Crippen LogP contribution is 2.43. The molecule has 3 atom stereocenters. The number of aromatic nitrogens is 4. The van der Waals surface area contributed by atoms with Crippen LogP contribution in [0.4, 0.5) is 0 Å². The molecule has 2 aromatic heterocycles. The molecule has 1 saturated carbocycles. The van der Waals surface area contributed by atoms with Gasteiger partial charge in [0.2, 0.25) is 0 Å². The van der Waals surface area contributed by atoms with Gasteiger partial charge in [0.25, 0.3) is 5.91 Å². The molecule has 0 radical (unpaired) electrons. The molecule has 1 saturated heterocycles. The second-order valence-corrected chi connectivity index (χ2v) is 7.62. The van der Waals surface area contributed by atoms with Crippen LogP contribution < -0.4 is 0 Å². The SMILES string of the molecule is O=C(c1cccc2[nH]cnc12)N1CC[C@H](c2ncccn2)[C@H]2CCCC[C@H]21. The number of aromatic amines is 1. The van der Waals surface area contributed by atoms with Gasteiger partial charge in [0.1, 0.15) is 11.3 Å². The number of carbonyl (C=O) groups is 1. The highest BCUT2D eigenvalue weighted by atomic mass is 16.2. The maximum absolute atomic E-state index is 13.5. The molecule has 0 bridgehead atoms. The van der Waals surface area contributed by atoms with E-state index < -0.39 is 0 Å². The maximum atomic E-state index is 13.5. The molecule has 138 valence electrons. The third-order valence-corrected chi connectivity index (χ3v) is 6.24. The standard InChI is InChI=1S/C21H23N5O/c27-21(16-6-3-7-17-19(16)25-13-24-17)26-12-9-15(20-22-10-4-11-23-20)14-5-1-2-8-18(14)26/h3-4,6-7,10-11,13-15,18H,1-2,5,8-9,12H2,(H,24,25)/t14-,15+,18-/m1/s1. The van der Waals surface area contributed by atoms with Crippen LogP contribution in [-0.2, 0) is 0 Å². The van der Waals surface area contributed by atoms with Crippen LogP contribution in [0.3, 0.4) is 0 Å². The minimum absolute atomic E-state index is 0.108. The molecule has 5 rings (SSSR count). The molecule has 3 heterocycles. The number of amides is 1. The fourth-order valence-corrected chi connectivity index (χ4v) is 5.02. The van der Waals surface area contributed by atoms with Crippen molar-refractivity contribution < 1.29 is 4.79 Å². The van der Waals surface area contributed by atoms with Crippen LogP contribution in [0.15, 0.2) is 43.0 Å². The van der Waals surface area contributed by atoms with Crippen LogP contribution in [0.2, 0.25) is 0 Å². The average molecular weight is 361 g/mol. The number of benzene rings is 1. The van der Waals surface area contributed by atoms with Crippen LogP contribution in [0.25, 0.3) is 11.0 Å². The third kappa shape index (κ3) is 2.80. The number of hydrogen-bond donors (Lipinski definition) is 1. The molecule has 1 amide bonds. The molecule has 1 aliphatic heterocycles. The highest BCUT2D eigenvalue weighted by Gasteiger charge is 2.43. The largest absolute Gasteiger partial charge is 0.345 e. The normalized spacial score (nSPS) is 25.3. The molecule has 0 spiro atoms. The Morgan fingerprint density at radius 2 is 1.89 bits per heavy atom. The zero-order valence-electron chi connectivity index (χ0n) is 15.2. The fourth-order valence-electron chi connectivity index (χ4n) is 5.02. The van der Waals surface area contributed by atoms with Gasteiger partial charge >= 0.3 is 0 Å². The number of hydrogen-bond acceptors (Lipinski definition) is 4. The number of H-pyrrole nitrogens is 1. The molecule has 1 N–H and O–H groups in total. The van der Waals surface area contributed by atoms with E-state index in [1.165, 1.54) is 12.8 Å². The van der Waals surface area contributed by atoms with E-state index in [1.807, 2.05) is 36.7 Å². The molecule has 2 fully saturated rings. The number of imidazole rings is 1. The Labute approximate surface area is 158 Å². The molecule has 2 aliphatic rings. The summed E-state index contributed by atoms with van der Waals surface area (Å²) in [6, 6.07) is 7.92.